The number of nitrogens with zero attached hydrogens (tertiary/aromatic N) is 2. The van der Waals surface area contributed by atoms with E-state index in [0.717, 1.165) is 22.6 Å². The molecule has 0 radical (unpaired) electrons. The highest BCUT2D eigenvalue weighted by Crippen LogP contribution is 2.49. The Morgan fingerprint density at radius 3 is 2.50 bits per heavy atom. The molecule has 4 rings (SSSR count). The van der Waals surface area contributed by atoms with Crippen molar-refractivity contribution in [3.8, 4) is 0 Å². The van der Waals surface area contributed by atoms with Gasteiger partial charge in [0.05, 0.1) is 0 Å². The van der Waals surface area contributed by atoms with E-state index in [1.165, 1.54) is 6.07 Å². The zero-order valence-corrected chi connectivity index (χ0v) is 22.3. The summed E-state index contributed by atoms with van der Waals surface area (Å²) >= 11 is 0.919. The van der Waals surface area contributed by atoms with Gasteiger partial charge in [0, 0.05) is 40.0 Å². The molecule has 2 aromatic heterocycles. The van der Waals surface area contributed by atoms with E-state index in [1.54, 1.807) is 42.6 Å². The highest BCUT2D eigenvalue weighted by atomic mass is 32.1. The predicted molar refractivity (Wildman–Crippen MR) is 140 cm³/mol. The van der Waals surface area contributed by atoms with Crippen LogP contribution in [-0.2, 0) is 16.7 Å². The first-order valence-electron chi connectivity index (χ1n) is 12.4. The average molecular weight is 550 g/mol. The number of hydrogen-bond donors (Lipinski definition) is 1. The minimum atomic E-state index is -4.81. The second kappa shape index (κ2) is 11.0. The Balaban J connectivity index is 1.63. The number of alkyl halides is 3. The summed E-state index contributed by atoms with van der Waals surface area (Å²) in [6.45, 7) is 6.20. The van der Waals surface area contributed by atoms with Crippen LogP contribution in [0.5, 0.6) is 0 Å². The van der Waals surface area contributed by atoms with Crippen molar-refractivity contribution in [1.82, 2.24) is 9.88 Å². The second-order valence-electron chi connectivity index (χ2n) is 10.3. The Bertz CT molecular complexity index is 1230. The number of carbonyl (C=O) groups is 1. The van der Waals surface area contributed by atoms with Crippen molar-refractivity contribution in [2.24, 2.45) is 5.41 Å². The number of hydrogen-bond acceptors (Lipinski definition) is 5. The van der Waals surface area contributed by atoms with Crippen LogP contribution >= 0.6 is 11.3 Å². The van der Waals surface area contributed by atoms with Crippen molar-refractivity contribution in [1.29, 1.82) is 0 Å². The fraction of sp³-hybridized carbons (Fsp3) is 0.429. The number of nitrogens with one attached hydrogen (secondary N) is 1. The molecule has 0 spiro atoms. The lowest BCUT2D eigenvalue weighted by atomic mass is 9.76. The fourth-order valence-electron chi connectivity index (χ4n) is 5.11. The van der Waals surface area contributed by atoms with Gasteiger partial charge >= 0.3 is 12.3 Å². The van der Waals surface area contributed by atoms with Gasteiger partial charge in [-0.15, -0.1) is 11.3 Å². The van der Waals surface area contributed by atoms with Gasteiger partial charge in [-0.25, -0.2) is 4.79 Å². The molecule has 2 atom stereocenters. The largest absolute Gasteiger partial charge is 0.436 e. The number of aromatic nitrogens is 1. The number of rotatable bonds is 8. The lowest BCUT2D eigenvalue weighted by Gasteiger charge is -2.41. The summed E-state index contributed by atoms with van der Waals surface area (Å²) in [5, 5.41) is 2.02. The topological polar surface area (TPSA) is 54.5 Å². The molecular weight excluding hydrogens is 518 g/mol. The zero-order valence-electron chi connectivity index (χ0n) is 21.5. The van der Waals surface area contributed by atoms with Crippen molar-refractivity contribution in [3.63, 3.8) is 0 Å². The van der Waals surface area contributed by atoms with E-state index in [0.29, 0.717) is 17.1 Å². The van der Waals surface area contributed by atoms with Crippen LogP contribution in [0.1, 0.15) is 42.8 Å². The van der Waals surface area contributed by atoms with Gasteiger partial charge < -0.3 is 4.74 Å². The number of anilines is 1. The van der Waals surface area contributed by atoms with E-state index in [2.05, 4.69) is 10.3 Å². The molecule has 38 heavy (non-hydrogen) atoms. The number of para-hydroxylation sites is 1. The number of carbonyl (C=O) groups excluding carboxylic acids is 1. The molecule has 1 fully saturated rings. The van der Waals surface area contributed by atoms with Gasteiger partial charge in [-0.3, -0.25) is 15.2 Å². The minimum absolute atomic E-state index is 0.0462. The van der Waals surface area contributed by atoms with Gasteiger partial charge in [0.1, 0.15) is 0 Å². The summed E-state index contributed by atoms with van der Waals surface area (Å²) in [6, 6.07) is 14.9. The summed E-state index contributed by atoms with van der Waals surface area (Å²) in [7, 11) is 0. The van der Waals surface area contributed by atoms with Gasteiger partial charge in [-0.2, -0.15) is 17.6 Å². The average Bonchev–Trinajstić information content (AvgIpc) is 3.49. The van der Waals surface area contributed by atoms with Crippen molar-refractivity contribution < 1.29 is 27.1 Å². The predicted octanol–water partition coefficient (Wildman–Crippen LogP) is 7.33. The number of benzene rings is 1. The number of ether oxygens (including phenoxy) is 1. The summed E-state index contributed by atoms with van der Waals surface area (Å²) in [5.41, 5.74) is 0.0220. The molecule has 0 saturated carbocycles. The molecule has 0 aliphatic carbocycles. The van der Waals surface area contributed by atoms with Gasteiger partial charge in [0.25, 0.3) is 0 Å². The van der Waals surface area contributed by atoms with Crippen LogP contribution in [0, 0.1) is 17.5 Å². The van der Waals surface area contributed by atoms with E-state index in [1.807, 2.05) is 37.8 Å². The summed E-state index contributed by atoms with van der Waals surface area (Å²) in [6.07, 6.45) is -6.10. The molecule has 1 aliphatic rings. The third kappa shape index (κ3) is 6.35. The molecule has 1 aromatic carbocycles. The lowest BCUT2D eigenvalue weighted by molar-refractivity contribution is -0.237. The summed E-state index contributed by atoms with van der Waals surface area (Å²) in [4.78, 5) is 19.7. The summed E-state index contributed by atoms with van der Waals surface area (Å²) in [5.74, 6) is 0. The molecule has 1 saturated heterocycles. The Morgan fingerprint density at radius 1 is 1.16 bits per heavy atom. The number of amides is 1. The molecular formula is C28H31F4N3O2S. The monoisotopic (exact) mass is 549 g/mol. The van der Waals surface area contributed by atoms with E-state index in [4.69, 9.17) is 4.74 Å². The second-order valence-corrected chi connectivity index (χ2v) is 11.4. The van der Waals surface area contributed by atoms with E-state index < -0.39 is 29.3 Å². The van der Waals surface area contributed by atoms with E-state index in [-0.39, 0.29) is 30.9 Å². The van der Waals surface area contributed by atoms with Gasteiger partial charge in [-0.1, -0.05) is 24.3 Å². The molecule has 5 nitrogen and oxygen atoms in total. The Morgan fingerprint density at radius 2 is 1.89 bits per heavy atom. The normalized spacial score (nSPS) is 19.3. The fourth-order valence-corrected chi connectivity index (χ4v) is 5.83. The van der Waals surface area contributed by atoms with Crippen LogP contribution in [-0.4, -0.2) is 41.3 Å². The molecule has 0 unspecified atom stereocenters. The maximum Gasteiger partial charge on any atom is 0.426 e. The van der Waals surface area contributed by atoms with Crippen molar-refractivity contribution in [2.45, 2.75) is 57.9 Å². The lowest BCUT2D eigenvalue weighted by Crippen LogP contribution is -2.52. The Kier molecular flexibility index (Phi) is 8.13. The first kappa shape index (κ1) is 28.0. The quantitative estimate of drug-likeness (QED) is 0.299. The first-order chi connectivity index (χ1) is 17.9. The van der Waals surface area contributed by atoms with Crippen molar-refractivity contribution >= 4 is 23.1 Å². The van der Waals surface area contributed by atoms with Crippen LogP contribution in [0.3, 0.4) is 0 Å². The van der Waals surface area contributed by atoms with Crippen LogP contribution < -0.4 is 5.32 Å². The molecule has 1 N–H and O–H groups in total. The molecule has 3 heterocycles. The molecule has 1 amide bonds. The third-order valence-corrected chi connectivity index (χ3v) is 8.32. The number of likely N-dealkylation sites (tertiary alicyclic amines) is 1. The number of aryl methyl sites for hydroxylation is 2. The Labute approximate surface area is 223 Å². The molecule has 3 aromatic rings. The molecule has 0 bridgehead atoms. The van der Waals surface area contributed by atoms with Crippen LogP contribution in [0.15, 0.2) is 60.8 Å². The molecule has 204 valence electrons. The van der Waals surface area contributed by atoms with Gasteiger partial charge in [0.15, 0.2) is 5.13 Å². The van der Waals surface area contributed by atoms with E-state index >= 15 is 0 Å². The van der Waals surface area contributed by atoms with Crippen LogP contribution in [0.4, 0.5) is 28.0 Å². The maximum atomic E-state index is 14.6. The Hall–Kier alpha value is -2.98. The standard InChI is InChI=1S/C28H31F4N3O2S/c1-19-9-10-20(17-33-19)26(2,3)35-16-15-27(18-35,14-13-22-11-12-23(29)38-22)24(28(30,31)32)37-25(36)34-21-7-5-4-6-8-21/h4-12,17,24H,13-16,18H2,1-3H3,(H,34,36)/t24-,27-/m1/s1. The highest BCUT2D eigenvalue weighted by Gasteiger charge is 2.59. The smallest absolute Gasteiger partial charge is 0.426 e. The zero-order chi connectivity index (χ0) is 27.6. The minimum Gasteiger partial charge on any atom is -0.436 e. The third-order valence-electron chi connectivity index (χ3n) is 7.39. The first-order valence-corrected chi connectivity index (χ1v) is 13.2. The van der Waals surface area contributed by atoms with Crippen LogP contribution in [0.2, 0.25) is 0 Å². The number of halogens is 4. The van der Waals surface area contributed by atoms with Crippen molar-refractivity contribution in [2.75, 3.05) is 18.4 Å². The van der Waals surface area contributed by atoms with Crippen LogP contribution in [0.25, 0.3) is 0 Å². The molecule has 10 heteroatoms. The number of pyridine rings is 1. The van der Waals surface area contributed by atoms with Gasteiger partial charge in [0.2, 0.25) is 6.10 Å². The van der Waals surface area contributed by atoms with E-state index in [9.17, 15) is 22.4 Å². The highest BCUT2D eigenvalue weighted by molar-refractivity contribution is 7.10. The van der Waals surface area contributed by atoms with Crippen molar-refractivity contribution in [3.05, 3.63) is 82.1 Å². The summed E-state index contributed by atoms with van der Waals surface area (Å²) < 4.78 is 62.8. The molecule has 1 aliphatic heterocycles. The SMILES string of the molecule is Cc1ccc(C(C)(C)N2CC[C@@](CCc3ccc(F)s3)([C@@H](OC(=O)Nc3ccccc3)C(F)(F)F)C2)cn1. The maximum absolute atomic E-state index is 14.6. The van der Waals surface area contributed by atoms with Gasteiger partial charge in [-0.05, 0) is 82.5 Å². The number of thiophene rings is 1.